The second-order valence-corrected chi connectivity index (χ2v) is 5.09. The SMILES string of the molecule is FC(F)(F)c1ccc(CCCOCCCc2cnc[nH]2)cc1. The Hall–Kier alpha value is -1.82. The zero-order valence-corrected chi connectivity index (χ0v) is 12.2. The van der Waals surface area contributed by atoms with Crippen LogP contribution in [0.3, 0.4) is 0 Å². The average Bonchev–Trinajstić information content (AvgIpc) is 2.99. The molecule has 0 atom stereocenters. The van der Waals surface area contributed by atoms with Crippen LogP contribution < -0.4 is 0 Å². The highest BCUT2D eigenvalue weighted by molar-refractivity contribution is 5.24. The van der Waals surface area contributed by atoms with E-state index < -0.39 is 11.7 Å². The largest absolute Gasteiger partial charge is 0.416 e. The van der Waals surface area contributed by atoms with E-state index in [-0.39, 0.29) is 0 Å². The highest BCUT2D eigenvalue weighted by Gasteiger charge is 2.29. The lowest BCUT2D eigenvalue weighted by Gasteiger charge is -2.08. The molecule has 0 aliphatic heterocycles. The third kappa shape index (κ3) is 5.52. The first-order valence-electron chi connectivity index (χ1n) is 7.27. The number of hydrogen-bond donors (Lipinski definition) is 1. The number of alkyl halides is 3. The summed E-state index contributed by atoms with van der Waals surface area (Å²) in [4.78, 5) is 6.97. The summed E-state index contributed by atoms with van der Waals surface area (Å²) >= 11 is 0. The van der Waals surface area contributed by atoms with Gasteiger partial charge >= 0.3 is 6.18 Å². The molecule has 0 radical (unpaired) electrons. The van der Waals surface area contributed by atoms with Crippen molar-refractivity contribution in [2.75, 3.05) is 13.2 Å². The van der Waals surface area contributed by atoms with Gasteiger partial charge in [0.25, 0.3) is 0 Å². The topological polar surface area (TPSA) is 37.9 Å². The van der Waals surface area contributed by atoms with Crippen molar-refractivity contribution in [2.24, 2.45) is 0 Å². The van der Waals surface area contributed by atoms with E-state index in [1.165, 1.54) is 12.1 Å². The number of halogens is 3. The van der Waals surface area contributed by atoms with Gasteiger partial charge in [0.05, 0.1) is 11.9 Å². The molecule has 0 saturated carbocycles. The number of rotatable bonds is 8. The van der Waals surface area contributed by atoms with E-state index in [1.807, 2.05) is 0 Å². The van der Waals surface area contributed by atoms with E-state index in [9.17, 15) is 13.2 Å². The van der Waals surface area contributed by atoms with Crippen molar-refractivity contribution in [3.8, 4) is 0 Å². The number of nitrogens with zero attached hydrogens (tertiary/aromatic N) is 1. The number of ether oxygens (including phenoxy) is 1. The van der Waals surface area contributed by atoms with Crippen molar-refractivity contribution in [2.45, 2.75) is 31.9 Å². The summed E-state index contributed by atoms with van der Waals surface area (Å²) in [5, 5.41) is 0. The van der Waals surface area contributed by atoms with Crippen LogP contribution in [0.4, 0.5) is 13.2 Å². The molecule has 0 aliphatic carbocycles. The number of aromatic amines is 1. The Kier molecular flexibility index (Phi) is 6.00. The van der Waals surface area contributed by atoms with Crippen molar-refractivity contribution in [3.05, 3.63) is 53.6 Å². The Morgan fingerprint density at radius 1 is 1.00 bits per heavy atom. The lowest BCUT2D eigenvalue weighted by atomic mass is 10.1. The quantitative estimate of drug-likeness (QED) is 0.748. The third-order valence-electron chi connectivity index (χ3n) is 3.33. The van der Waals surface area contributed by atoms with Crippen molar-refractivity contribution < 1.29 is 17.9 Å². The smallest absolute Gasteiger partial charge is 0.381 e. The Balaban J connectivity index is 1.56. The van der Waals surface area contributed by atoms with Crippen LogP contribution >= 0.6 is 0 Å². The molecule has 1 aromatic carbocycles. The van der Waals surface area contributed by atoms with Crippen molar-refractivity contribution in [1.82, 2.24) is 9.97 Å². The molecule has 0 unspecified atom stereocenters. The minimum atomic E-state index is -4.27. The number of nitrogens with one attached hydrogen (secondary N) is 1. The van der Waals surface area contributed by atoms with E-state index in [1.54, 1.807) is 12.5 Å². The van der Waals surface area contributed by atoms with E-state index in [4.69, 9.17) is 4.74 Å². The van der Waals surface area contributed by atoms with Crippen LogP contribution in [0.5, 0.6) is 0 Å². The summed E-state index contributed by atoms with van der Waals surface area (Å²) in [6, 6.07) is 5.31. The molecule has 6 heteroatoms. The van der Waals surface area contributed by atoms with Gasteiger partial charge in [-0.3, -0.25) is 0 Å². The fraction of sp³-hybridized carbons (Fsp3) is 0.438. The average molecular weight is 312 g/mol. The van der Waals surface area contributed by atoms with Gasteiger partial charge in [0.1, 0.15) is 0 Å². The summed E-state index contributed by atoms with van der Waals surface area (Å²) in [6.45, 7) is 1.29. The second kappa shape index (κ2) is 7.98. The standard InChI is InChI=1S/C16H19F3N2O/c17-16(18,19)14-7-5-13(6-8-14)3-1-9-22-10-2-4-15-11-20-12-21-15/h5-8,11-12H,1-4,9-10H2,(H,20,21). The zero-order chi connectivity index (χ0) is 15.8. The predicted octanol–water partition coefficient (Wildman–Crippen LogP) is 4.01. The molecule has 0 fully saturated rings. The Labute approximate surface area is 127 Å². The van der Waals surface area contributed by atoms with Gasteiger partial charge in [0.15, 0.2) is 0 Å². The highest BCUT2D eigenvalue weighted by atomic mass is 19.4. The van der Waals surface area contributed by atoms with Crippen LogP contribution in [-0.4, -0.2) is 23.2 Å². The molecule has 0 amide bonds. The Morgan fingerprint density at radius 2 is 1.68 bits per heavy atom. The van der Waals surface area contributed by atoms with Gasteiger partial charge in [-0.15, -0.1) is 0 Å². The number of hydrogen-bond acceptors (Lipinski definition) is 2. The number of aryl methyl sites for hydroxylation is 2. The molecule has 120 valence electrons. The van der Waals surface area contributed by atoms with E-state index in [0.29, 0.717) is 13.2 Å². The lowest BCUT2D eigenvalue weighted by Crippen LogP contribution is -2.05. The van der Waals surface area contributed by atoms with Crippen LogP contribution in [0.2, 0.25) is 0 Å². The molecule has 0 saturated heterocycles. The monoisotopic (exact) mass is 312 g/mol. The zero-order valence-electron chi connectivity index (χ0n) is 12.2. The first-order chi connectivity index (χ1) is 10.6. The number of H-pyrrole nitrogens is 1. The molecule has 3 nitrogen and oxygen atoms in total. The first kappa shape index (κ1) is 16.5. The molecule has 2 rings (SSSR count). The van der Waals surface area contributed by atoms with Gasteiger partial charge in [-0.1, -0.05) is 12.1 Å². The molecule has 1 N–H and O–H groups in total. The van der Waals surface area contributed by atoms with Gasteiger partial charge in [-0.25, -0.2) is 4.98 Å². The molecule has 0 bridgehead atoms. The Bertz CT molecular complexity index is 536. The van der Waals surface area contributed by atoms with Gasteiger partial charge in [-0.05, 0) is 43.4 Å². The molecule has 2 aromatic rings. The molecular weight excluding hydrogens is 293 g/mol. The van der Waals surface area contributed by atoms with Crippen molar-refractivity contribution in [1.29, 1.82) is 0 Å². The molecule has 22 heavy (non-hydrogen) atoms. The normalized spacial score (nSPS) is 11.8. The van der Waals surface area contributed by atoms with Crippen LogP contribution in [0.1, 0.15) is 29.7 Å². The van der Waals surface area contributed by atoms with E-state index in [2.05, 4.69) is 9.97 Å². The molecule has 0 spiro atoms. The van der Waals surface area contributed by atoms with Gasteiger partial charge < -0.3 is 9.72 Å². The number of benzene rings is 1. The number of imidazole rings is 1. The fourth-order valence-corrected chi connectivity index (χ4v) is 2.13. The number of aromatic nitrogens is 2. The molecule has 1 aromatic heterocycles. The van der Waals surface area contributed by atoms with E-state index >= 15 is 0 Å². The van der Waals surface area contributed by atoms with E-state index in [0.717, 1.165) is 49.1 Å². The van der Waals surface area contributed by atoms with Gasteiger partial charge in [-0.2, -0.15) is 13.2 Å². The lowest BCUT2D eigenvalue weighted by molar-refractivity contribution is -0.137. The van der Waals surface area contributed by atoms with Crippen LogP contribution in [0.15, 0.2) is 36.8 Å². The summed E-state index contributed by atoms with van der Waals surface area (Å²) in [5.74, 6) is 0. The molecular formula is C16H19F3N2O. The van der Waals surface area contributed by atoms with Gasteiger partial charge in [0.2, 0.25) is 0 Å². The van der Waals surface area contributed by atoms with Gasteiger partial charge in [0, 0.05) is 25.1 Å². The van der Waals surface area contributed by atoms with Crippen LogP contribution in [0, 0.1) is 0 Å². The minimum absolute atomic E-state index is 0.605. The van der Waals surface area contributed by atoms with Crippen LogP contribution in [0.25, 0.3) is 0 Å². The summed E-state index contributed by atoms with van der Waals surface area (Å²) in [5.41, 5.74) is 1.38. The maximum absolute atomic E-state index is 12.4. The maximum atomic E-state index is 12.4. The second-order valence-electron chi connectivity index (χ2n) is 5.09. The molecule has 0 aliphatic rings. The van der Waals surface area contributed by atoms with Crippen LogP contribution in [-0.2, 0) is 23.8 Å². The summed E-state index contributed by atoms with van der Waals surface area (Å²) in [7, 11) is 0. The van der Waals surface area contributed by atoms with Crippen molar-refractivity contribution >= 4 is 0 Å². The summed E-state index contributed by atoms with van der Waals surface area (Å²) in [6.07, 6.45) is 2.52. The highest BCUT2D eigenvalue weighted by Crippen LogP contribution is 2.29. The first-order valence-corrected chi connectivity index (χ1v) is 7.27. The minimum Gasteiger partial charge on any atom is -0.381 e. The Morgan fingerprint density at radius 3 is 2.27 bits per heavy atom. The maximum Gasteiger partial charge on any atom is 0.416 e. The third-order valence-corrected chi connectivity index (χ3v) is 3.33. The predicted molar refractivity (Wildman–Crippen MR) is 77.5 cm³/mol. The van der Waals surface area contributed by atoms with Crippen molar-refractivity contribution in [3.63, 3.8) is 0 Å². The molecule has 1 heterocycles. The summed E-state index contributed by atoms with van der Waals surface area (Å²) < 4.78 is 42.8. The fourth-order valence-electron chi connectivity index (χ4n) is 2.13.